The molecule has 6 nitrogen and oxygen atoms in total. The number of aryl methyl sites for hydroxylation is 1. The molecule has 0 bridgehead atoms. The Morgan fingerprint density at radius 3 is 2.60 bits per heavy atom. The molecule has 0 aliphatic carbocycles. The first-order chi connectivity index (χ1) is 9.56. The summed E-state index contributed by atoms with van der Waals surface area (Å²) in [4.78, 5) is 10.1. The molecule has 0 aromatic heterocycles. The zero-order valence-corrected chi connectivity index (χ0v) is 10.8. The molecule has 0 atom stereocenters. The van der Waals surface area contributed by atoms with Gasteiger partial charge in [-0.2, -0.15) is 5.10 Å². The largest absolute Gasteiger partial charge is 0.507 e. The number of nitrogens with zero attached hydrogens (tertiary/aromatic N) is 2. The molecule has 2 aromatic rings. The van der Waals surface area contributed by atoms with Crippen LogP contribution in [0.25, 0.3) is 0 Å². The lowest BCUT2D eigenvalue weighted by molar-refractivity contribution is -0.384. The molecule has 0 aliphatic heterocycles. The van der Waals surface area contributed by atoms with Gasteiger partial charge in [-0.1, -0.05) is 17.7 Å². The second-order valence-corrected chi connectivity index (χ2v) is 4.24. The first-order valence-electron chi connectivity index (χ1n) is 5.89. The van der Waals surface area contributed by atoms with Crippen LogP contribution >= 0.6 is 0 Å². The highest BCUT2D eigenvalue weighted by Crippen LogP contribution is 2.21. The third-order valence-corrected chi connectivity index (χ3v) is 2.67. The predicted molar refractivity (Wildman–Crippen MR) is 77.2 cm³/mol. The van der Waals surface area contributed by atoms with Gasteiger partial charge in [0.1, 0.15) is 5.75 Å². The number of phenols is 1. The van der Waals surface area contributed by atoms with Gasteiger partial charge in [0.05, 0.1) is 16.8 Å². The molecule has 0 radical (unpaired) electrons. The summed E-state index contributed by atoms with van der Waals surface area (Å²) < 4.78 is 0. The van der Waals surface area contributed by atoms with Crippen molar-refractivity contribution in [3.05, 3.63) is 63.7 Å². The molecule has 0 aliphatic rings. The fourth-order valence-corrected chi connectivity index (χ4v) is 1.56. The standard InChI is InChI=1S/C14H13N3O3/c1-10-2-4-12(5-3-10)16-15-9-11-8-13(17(19)20)6-7-14(11)18/h2-9,16,18H,1H3/b15-9+. The minimum atomic E-state index is -0.524. The number of rotatable bonds is 4. The van der Waals surface area contributed by atoms with E-state index in [1.807, 2.05) is 31.2 Å². The van der Waals surface area contributed by atoms with Crippen LogP contribution < -0.4 is 5.43 Å². The maximum Gasteiger partial charge on any atom is 0.270 e. The van der Waals surface area contributed by atoms with Crippen LogP contribution in [0.2, 0.25) is 0 Å². The van der Waals surface area contributed by atoms with Crippen LogP contribution in [0.15, 0.2) is 47.6 Å². The van der Waals surface area contributed by atoms with Gasteiger partial charge in [-0.25, -0.2) is 0 Å². The first kappa shape index (κ1) is 13.5. The van der Waals surface area contributed by atoms with Crippen molar-refractivity contribution in [1.82, 2.24) is 0 Å². The number of nitro benzene ring substituents is 1. The van der Waals surface area contributed by atoms with Crippen molar-refractivity contribution in [2.75, 3.05) is 5.43 Å². The van der Waals surface area contributed by atoms with Gasteiger partial charge in [-0.05, 0) is 25.1 Å². The van der Waals surface area contributed by atoms with E-state index >= 15 is 0 Å². The average molecular weight is 271 g/mol. The Bertz CT molecular complexity index is 651. The van der Waals surface area contributed by atoms with Gasteiger partial charge in [0.15, 0.2) is 0 Å². The van der Waals surface area contributed by atoms with Crippen molar-refractivity contribution >= 4 is 17.6 Å². The van der Waals surface area contributed by atoms with Crippen molar-refractivity contribution in [3.63, 3.8) is 0 Å². The van der Waals surface area contributed by atoms with Crippen LogP contribution in [0.5, 0.6) is 5.75 Å². The van der Waals surface area contributed by atoms with Crippen LogP contribution in [-0.2, 0) is 0 Å². The van der Waals surface area contributed by atoms with E-state index in [-0.39, 0.29) is 17.0 Å². The summed E-state index contributed by atoms with van der Waals surface area (Å²) in [5, 5.41) is 24.2. The first-order valence-corrected chi connectivity index (χ1v) is 5.89. The number of nitrogens with one attached hydrogen (secondary N) is 1. The SMILES string of the molecule is Cc1ccc(N/N=C/c2cc([N+](=O)[O-])ccc2O)cc1. The number of hydrazone groups is 1. The Kier molecular flexibility index (Phi) is 3.95. The Morgan fingerprint density at radius 2 is 1.95 bits per heavy atom. The Morgan fingerprint density at radius 1 is 1.25 bits per heavy atom. The van der Waals surface area contributed by atoms with Gasteiger partial charge >= 0.3 is 0 Å². The zero-order chi connectivity index (χ0) is 14.5. The molecule has 0 unspecified atom stereocenters. The molecule has 2 rings (SSSR count). The number of non-ortho nitro benzene ring substituents is 1. The number of anilines is 1. The van der Waals surface area contributed by atoms with Gasteiger partial charge in [-0.3, -0.25) is 15.5 Å². The van der Waals surface area contributed by atoms with Crippen LogP contribution in [-0.4, -0.2) is 16.2 Å². The zero-order valence-electron chi connectivity index (χ0n) is 10.8. The smallest absolute Gasteiger partial charge is 0.270 e. The Balaban J connectivity index is 2.12. The molecule has 2 N–H and O–H groups in total. The van der Waals surface area contributed by atoms with E-state index < -0.39 is 4.92 Å². The topological polar surface area (TPSA) is 87.8 Å². The van der Waals surface area contributed by atoms with E-state index in [4.69, 9.17) is 0 Å². The molecule has 0 fully saturated rings. The Hall–Kier alpha value is -2.89. The Labute approximate surface area is 115 Å². The van der Waals surface area contributed by atoms with Crippen LogP contribution in [0, 0.1) is 17.0 Å². The minimum absolute atomic E-state index is 0.0648. The fraction of sp³-hybridized carbons (Fsp3) is 0.0714. The summed E-state index contributed by atoms with van der Waals surface area (Å²) in [6, 6.07) is 11.4. The van der Waals surface area contributed by atoms with E-state index in [1.165, 1.54) is 24.4 Å². The van der Waals surface area contributed by atoms with E-state index in [1.54, 1.807) is 0 Å². The number of nitro groups is 1. The molecular formula is C14H13N3O3. The maximum atomic E-state index is 10.7. The highest BCUT2D eigenvalue weighted by Gasteiger charge is 2.08. The van der Waals surface area contributed by atoms with Crippen LogP contribution in [0.1, 0.15) is 11.1 Å². The predicted octanol–water partition coefficient (Wildman–Crippen LogP) is 3.05. The van der Waals surface area contributed by atoms with Gasteiger partial charge in [0.2, 0.25) is 0 Å². The van der Waals surface area contributed by atoms with E-state index in [0.717, 1.165) is 11.3 Å². The fourth-order valence-electron chi connectivity index (χ4n) is 1.56. The summed E-state index contributed by atoms with van der Waals surface area (Å²) >= 11 is 0. The molecule has 6 heteroatoms. The highest BCUT2D eigenvalue weighted by atomic mass is 16.6. The molecule has 102 valence electrons. The summed E-state index contributed by atoms with van der Waals surface area (Å²) in [5.74, 6) is -0.0648. The van der Waals surface area contributed by atoms with Gasteiger partial charge < -0.3 is 5.11 Å². The van der Waals surface area contributed by atoms with E-state index in [2.05, 4.69) is 10.5 Å². The van der Waals surface area contributed by atoms with Gasteiger partial charge in [-0.15, -0.1) is 0 Å². The molecular weight excluding hydrogens is 258 g/mol. The lowest BCUT2D eigenvalue weighted by Gasteiger charge is -2.01. The molecule has 2 aromatic carbocycles. The van der Waals surface area contributed by atoms with Crippen molar-refractivity contribution in [2.45, 2.75) is 6.92 Å². The lowest BCUT2D eigenvalue weighted by Crippen LogP contribution is -1.93. The summed E-state index contributed by atoms with van der Waals surface area (Å²) in [5.41, 5.74) is 4.89. The second kappa shape index (κ2) is 5.83. The molecule has 0 amide bonds. The molecule has 0 spiro atoms. The van der Waals surface area contributed by atoms with Crippen LogP contribution in [0.3, 0.4) is 0 Å². The van der Waals surface area contributed by atoms with Crippen LogP contribution in [0.4, 0.5) is 11.4 Å². The number of phenolic OH excluding ortho intramolecular Hbond substituents is 1. The quantitative estimate of drug-likeness (QED) is 0.508. The summed E-state index contributed by atoms with van der Waals surface area (Å²) in [6.45, 7) is 1.98. The second-order valence-electron chi connectivity index (χ2n) is 4.24. The maximum absolute atomic E-state index is 10.7. The van der Waals surface area contributed by atoms with Crippen molar-refractivity contribution in [1.29, 1.82) is 0 Å². The lowest BCUT2D eigenvalue weighted by atomic mass is 10.2. The number of hydrogen-bond donors (Lipinski definition) is 2. The minimum Gasteiger partial charge on any atom is -0.507 e. The summed E-state index contributed by atoms with van der Waals surface area (Å²) in [7, 11) is 0. The average Bonchev–Trinajstić information content (AvgIpc) is 2.43. The third kappa shape index (κ3) is 3.32. The highest BCUT2D eigenvalue weighted by molar-refractivity contribution is 5.84. The molecule has 0 heterocycles. The molecule has 0 saturated heterocycles. The summed E-state index contributed by atoms with van der Waals surface area (Å²) in [6.07, 6.45) is 1.34. The monoisotopic (exact) mass is 271 g/mol. The molecule has 0 saturated carbocycles. The van der Waals surface area contributed by atoms with Gasteiger partial charge in [0.25, 0.3) is 5.69 Å². The third-order valence-electron chi connectivity index (χ3n) is 2.67. The van der Waals surface area contributed by atoms with Crippen molar-refractivity contribution in [3.8, 4) is 5.75 Å². The van der Waals surface area contributed by atoms with Crippen molar-refractivity contribution < 1.29 is 10.0 Å². The number of aromatic hydroxyl groups is 1. The molecule has 20 heavy (non-hydrogen) atoms. The number of benzene rings is 2. The van der Waals surface area contributed by atoms with E-state index in [9.17, 15) is 15.2 Å². The van der Waals surface area contributed by atoms with Crippen molar-refractivity contribution in [2.24, 2.45) is 5.10 Å². The number of hydrogen-bond acceptors (Lipinski definition) is 5. The van der Waals surface area contributed by atoms with Gasteiger partial charge in [0, 0.05) is 17.7 Å². The van der Waals surface area contributed by atoms with E-state index in [0.29, 0.717) is 0 Å². The normalized spacial score (nSPS) is 10.7.